The van der Waals surface area contributed by atoms with E-state index in [4.69, 9.17) is 0 Å². The molecule has 2 nitrogen and oxygen atoms in total. The summed E-state index contributed by atoms with van der Waals surface area (Å²) in [6, 6.07) is 4.94. The van der Waals surface area contributed by atoms with Gasteiger partial charge in [-0.25, -0.2) is 0 Å². The highest BCUT2D eigenvalue weighted by Crippen LogP contribution is 2.41. The van der Waals surface area contributed by atoms with E-state index in [1.165, 1.54) is 31.2 Å². The van der Waals surface area contributed by atoms with Gasteiger partial charge in [-0.3, -0.25) is 4.98 Å². The van der Waals surface area contributed by atoms with Crippen LogP contribution in [0.1, 0.15) is 58.9 Å². The number of aromatic nitrogens is 1. The summed E-state index contributed by atoms with van der Waals surface area (Å²) in [4.78, 5) is 4.13. The fourth-order valence-corrected chi connectivity index (χ4v) is 3.83. The molecule has 2 rings (SSSR count). The number of hydrogen-bond acceptors (Lipinski definition) is 2. The zero-order chi connectivity index (χ0) is 15.3. The van der Waals surface area contributed by atoms with Gasteiger partial charge in [0.15, 0.2) is 0 Å². The van der Waals surface area contributed by atoms with Crippen molar-refractivity contribution in [2.75, 3.05) is 6.54 Å². The summed E-state index contributed by atoms with van der Waals surface area (Å²) in [6.07, 6.45) is 10.5. The molecule has 1 N–H and O–H groups in total. The van der Waals surface area contributed by atoms with Gasteiger partial charge in [-0.05, 0) is 73.6 Å². The zero-order valence-corrected chi connectivity index (χ0v) is 14.2. The fourth-order valence-electron chi connectivity index (χ4n) is 3.83. The minimum absolute atomic E-state index is 0.476. The molecular weight excluding hydrogens is 256 g/mol. The van der Waals surface area contributed by atoms with E-state index in [2.05, 4.69) is 50.1 Å². The van der Waals surface area contributed by atoms with Crippen molar-refractivity contribution >= 4 is 0 Å². The second kappa shape index (κ2) is 7.40. The third-order valence-electron chi connectivity index (χ3n) is 5.24. The highest BCUT2D eigenvalue weighted by Gasteiger charge is 2.32. The normalized spacial score (nSPS) is 24.8. The lowest BCUT2D eigenvalue weighted by Crippen LogP contribution is -2.40. The number of hydrogen-bond donors (Lipinski definition) is 1. The Kier molecular flexibility index (Phi) is 5.80. The van der Waals surface area contributed by atoms with E-state index >= 15 is 0 Å². The van der Waals surface area contributed by atoms with Crippen LogP contribution in [0, 0.1) is 17.3 Å². The van der Waals surface area contributed by atoms with Gasteiger partial charge in [0.2, 0.25) is 0 Å². The molecule has 1 unspecified atom stereocenters. The van der Waals surface area contributed by atoms with Crippen LogP contribution < -0.4 is 5.32 Å². The Morgan fingerprint density at radius 2 is 1.76 bits per heavy atom. The van der Waals surface area contributed by atoms with E-state index in [0.717, 1.165) is 24.8 Å². The Labute approximate surface area is 130 Å². The molecule has 0 aromatic carbocycles. The average Bonchev–Trinajstić information content (AvgIpc) is 2.47. The van der Waals surface area contributed by atoms with Crippen LogP contribution in [0.4, 0.5) is 0 Å². The summed E-state index contributed by atoms with van der Waals surface area (Å²) in [7, 11) is 0. The van der Waals surface area contributed by atoms with Gasteiger partial charge in [0.25, 0.3) is 0 Å². The van der Waals surface area contributed by atoms with Gasteiger partial charge < -0.3 is 5.32 Å². The first-order valence-corrected chi connectivity index (χ1v) is 8.63. The SMILES string of the molecule is CCNC(Cc1ccncc1)C1CCC(C(C)(C)C)CC1. The Morgan fingerprint density at radius 1 is 1.14 bits per heavy atom. The van der Waals surface area contributed by atoms with Gasteiger partial charge in [-0.1, -0.05) is 27.7 Å². The summed E-state index contributed by atoms with van der Waals surface area (Å²) in [5.74, 6) is 1.73. The van der Waals surface area contributed by atoms with Gasteiger partial charge >= 0.3 is 0 Å². The van der Waals surface area contributed by atoms with Crippen molar-refractivity contribution in [3.63, 3.8) is 0 Å². The molecule has 2 heteroatoms. The third-order valence-corrected chi connectivity index (χ3v) is 5.24. The van der Waals surface area contributed by atoms with Crippen LogP contribution in [0.2, 0.25) is 0 Å². The van der Waals surface area contributed by atoms with Crippen LogP contribution in [0.15, 0.2) is 24.5 Å². The van der Waals surface area contributed by atoms with Crippen molar-refractivity contribution in [1.29, 1.82) is 0 Å². The van der Waals surface area contributed by atoms with E-state index in [9.17, 15) is 0 Å². The molecule has 118 valence electrons. The Morgan fingerprint density at radius 3 is 2.29 bits per heavy atom. The lowest BCUT2D eigenvalue weighted by molar-refractivity contribution is 0.132. The first-order valence-electron chi connectivity index (χ1n) is 8.63. The van der Waals surface area contributed by atoms with Crippen molar-refractivity contribution < 1.29 is 0 Å². The van der Waals surface area contributed by atoms with Crippen molar-refractivity contribution in [3.8, 4) is 0 Å². The summed E-state index contributed by atoms with van der Waals surface area (Å²) in [6.45, 7) is 10.5. The van der Waals surface area contributed by atoms with Crippen molar-refractivity contribution in [2.24, 2.45) is 17.3 Å². The largest absolute Gasteiger partial charge is 0.314 e. The number of nitrogens with one attached hydrogen (secondary N) is 1. The summed E-state index contributed by atoms with van der Waals surface area (Å²) < 4.78 is 0. The maximum atomic E-state index is 4.13. The van der Waals surface area contributed by atoms with Crippen molar-refractivity contribution in [2.45, 2.75) is 65.8 Å². The summed E-state index contributed by atoms with van der Waals surface area (Å²) in [5.41, 5.74) is 1.89. The lowest BCUT2D eigenvalue weighted by atomic mass is 9.68. The third kappa shape index (κ3) is 4.81. The van der Waals surface area contributed by atoms with Crippen LogP contribution in [0.5, 0.6) is 0 Å². The molecule has 0 radical (unpaired) electrons. The predicted molar refractivity (Wildman–Crippen MR) is 90.3 cm³/mol. The fraction of sp³-hybridized carbons (Fsp3) is 0.737. The minimum Gasteiger partial charge on any atom is -0.314 e. The smallest absolute Gasteiger partial charge is 0.0270 e. The zero-order valence-electron chi connectivity index (χ0n) is 14.2. The van der Waals surface area contributed by atoms with E-state index in [0.29, 0.717) is 11.5 Å². The standard InChI is InChI=1S/C19H32N2/c1-5-21-18(14-15-10-12-20-13-11-15)16-6-8-17(9-7-16)19(2,3)4/h10-13,16-18,21H,5-9,14H2,1-4H3. The molecule has 0 spiro atoms. The van der Waals surface area contributed by atoms with Gasteiger partial charge in [0.05, 0.1) is 0 Å². The maximum absolute atomic E-state index is 4.13. The number of pyridine rings is 1. The molecule has 1 aromatic rings. The first kappa shape index (κ1) is 16.5. The molecule has 1 fully saturated rings. The number of rotatable bonds is 5. The minimum atomic E-state index is 0.476. The van der Waals surface area contributed by atoms with Gasteiger partial charge in [-0.2, -0.15) is 0 Å². The molecule has 0 bridgehead atoms. The molecule has 0 saturated heterocycles. The average molecular weight is 288 g/mol. The Hall–Kier alpha value is -0.890. The summed E-state index contributed by atoms with van der Waals surface area (Å²) in [5, 5.41) is 3.73. The van der Waals surface area contributed by atoms with E-state index in [1.54, 1.807) is 0 Å². The molecular formula is C19H32N2. The van der Waals surface area contributed by atoms with Gasteiger partial charge in [0, 0.05) is 18.4 Å². The second-order valence-electron chi connectivity index (χ2n) is 7.70. The molecule has 21 heavy (non-hydrogen) atoms. The second-order valence-corrected chi connectivity index (χ2v) is 7.70. The molecule has 1 heterocycles. The van der Waals surface area contributed by atoms with Crippen LogP contribution in [-0.2, 0) is 6.42 Å². The number of nitrogens with zero attached hydrogens (tertiary/aromatic N) is 1. The van der Waals surface area contributed by atoms with Crippen LogP contribution in [0.25, 0.3) is 0 Å². The molecule has 0 amide bonds. The Balaban J connectivity index is 1.94. The van der Waals surface area contributed by atoms with E-state index in [-0.39, 0.29) is 0 Å². The molecule has 0 aliphatic heterocycles. The van der Waals surface area contributed by atoms with E-state index < -0.39 is 0 Å². The highest BCUT2D eigenvalue weighted by molar-refractivity contribution is 5.12. The van der Waals surface area contributed by atoms with Crippen LogP contribution in [-0.4, -0.2) is 17.6 Å². The molecule has 1 saturated carbocycles. The van der Waals surface area contributed by atoms with Crippen LogP contribution >= 0.6 is 0 Å². The Bertz CT molecular complexity index is 399. The molecule has 1 aliphatic carbocycles. The van der Waals surface area contributed by atoms with Crippen molar-refractivity contribution in [1.82, 2.24) is 10.3 Å². The number of likely N-dealkylation sites (N-methyl/N-ethyl adjacent to an activating group) is 1. The molecule has 1 aromatic heterocycles. The highest BCUT2D eigenvalue weighted by atomic mass is 14.9. The molecule has 1 aliphatic rings. The van der Waals surface area contributed by atoms with Gasteiger partial charge in [-0.15, -0.1) is 0 Å². The monoisotopic (exact) mass is 288 g/mol. The quantitative estimate of drug-likeness (QED) is 0.865. The maximum Gasteiger partial charge on any atom is 0.0270 e. The lowest BCUT2D eigenvalue weighted by Gasteiger charge is -2.39. The van der Waals surface area contributed by atoms with Crippen LogP contribution in [0.3, 0.4) is 0 Å². The van der Waals surface area contributed by atoms with Crippen molar-refractivity contribution in [3.05, 3.63) is 30.1 Å². The molecule has 1 atom stereocenters. The predicted octanol–water partition coefficient (Wildman–Crippen LogP) is 4.45. The topological polar surface area (TPSA) is 24.9 Å². The summed E-state index contributed by atoms with van der Waals surface area (Å²) >= 11 is 0. The van der Waals surface area contributed by atoms with Gasteiger partial charge in [0.1, 0.15) is 0 Å². The first-order chi connectivity index (χ1) is 10.0. The van der Waals surface area contributed by atoms with E-state index in [1.807, 2.05) is 12.4 Å².